The van der Waals surface area contributed by atoms with Gasteiger partial charge in [-0.15, -0.1) is 11.3 Å². The Bertz CT molecular complexity index is 286. The van der Waals surface area contributed by atoms with Gasteiger partial charge in [-0.2, -0.15) is 5.26 Å². The summed E-state index contributed by atoms with van der Waals surface area (Å²) in [6.45, 7) is 1.36. The monoisotopic (exact) mass is 166 g/mol. The molecule has 0 aliphatic heterocycles. The smallest absolute Gasteiger partial charge is 0.237 e. The van der Waals surface area contributed by atoms with Crippen LogP contribution >= 0.6 is 11.3 Å². The van der Waals surface area contributed by atoms with E-state index in [2.05, 4.69) is 0 Å². The molecular formula is C7H6N2OS. The molecule has 0 radical (unpaired) electrons. The molecule has 1 heterocycles. The molecule has 1 amide bonds. The summed E-state index contributed by atoms with van der Waals surface area (Å²) in [6, 6.07) is 3.53. The minimum atomic E-state index is -0.255. The molecule has 0 aromatic carbocycles. The van der Waals surface area contributed by atoms with Gasteiger partial charge in [0.2, 0.25) is 5.91 Å². The number of nitriles is 1. The molecule has 11 heavy (non-hydrogen) atoms. The lowest BCUT2D eigenvalue weighted by atomic mass is 10.5. The lowest BCUT2D eigenvalue weighted by Gasteiger charge is -2.05. The molecule has 0 aliphatic rings. The predicted molar refractivity (Wildman–Crippen MR) is 43.1 cm³/mol. The number of hydrogen-bond acceptors (Lipinski definition) is 3. The van der Waals surface area contributed by atoms with Gasteiger partial charge in [-0.1, -0.05) is 0 Å². The topological polar surface area (TPSA) is 44.1 Å². The summed E-state index contributed by atoms with van der Waals surface area (Å²) in [5, 5.41) is 11.0. The Morgan fingerprint density at radius 2 is 2.55 bits per heavy atom. The second kappa shape index (κ2) is 3.17. The second-order valence-electron chi connectivity index (χ2n) is 1.91. The van der Waals surface area contributed by atoms with Crippen molar-refractivity contribution < 1.29 is 4.79 Å². The number of hydrogen-bond donors (Lipinski definition) is 0. The molecule has 0 unspecified atom stereocenters. The van der Waals surface area contributed by atoms with Gasteiger partial charge in [-0.3, -0.25) is 4.79 Å². The second-order valence-corrected chi connectivity index (χ2v) is 2.83. The summed E-state index contributed by atoms with van der Waals surface area (Å²) in [4.78, 5) is 11.8. The summed E-state index contributed by atoms with van der Waals surface area (Å²) < 4.78 is 0. The molecule has 4 heteroatoms. The summed E-state index contributed by atoms with van der Waals surface area (Å²) in [6.07, 6.45) is 1.80. The molecule has 0 aliphatic carbocycles. The summed E-state index contributed by atoms with van der Waals surface area (Å²) in [7, 11) is 0. The minimum absolute atomic E-state index is 0.255. The van der Waals surface area contributed by atoms with Crippen LogP contribution in [-0.4, -0.2) is 5.91 Å². The highest BCUT2D eigenvalue weighted by Crippen LogP contribution is 2.20. The number of rotatable bonds is 1. The molecule has 0 atom stereocenters. The number of thiophene rings is 1. The van der Waals surface area contributed by atoms with Gasteiger partial charge in [0.25, 0.3) is 0 Å². The Morgan fingerprint density at radius 1 is 1.82 bits per heavy atom. The van der Waals surface area contributed by atoms with E-state index in [1.807, 2.05) is 5.38 Å². The zero-order valence-corrected chi connectivity index (χ0v) is 6.76. The molecule has 0 fully saturated rings. The Labute approximate surface area is 68.5 Å². The Kier molecular flexibility index (Phi) is 2.24. The van der Waals surface area contributed by atoms with Crippen molar-refractivity contribution in [2.75, 3.05) is 4.90 Å². The Balaban J connectivity index is 2.91. The van der Waals surface area contributed by atoms with Gasteiger partial charge in [0, 0.05) is 6.92 Å². The lowest BCUT2D eigenvalue weighted by molar-refractivity contribution is -0.115. The van der Waals surface area contributed by atoms with Crippen LogP contribution in [0.3, 0.4) is 0 Å². The molecule has 0 saturated heterocycles. The molecule has 0 spiro atoms. The first-order valence-corrected chi connectivity index (χ1v) is 3.87. The highest BCUT2D eigenvalue weighted by atomic mass is 32.1. The third-order valence-electron chi connectivity index (χ3n) is 1.14. The standard InChI is InChI=1S/C7H6N2OS/c1-6(10)9(5-8)7-3-2-4-11-7/h2-4H,1H3. The number of amides is 1. The van der Waals surface area contributed by atoms with E-state index in [0.29, 0.717) is 5.00 Å². The average Bonchev–Trinajstić information content (AvgIpc) is 2.40. The van der Waals surface area contributed by atoms with Gasteiger partial charge in [0.15, 0.2) is 6.19 Å². The first kappa shape index (κ1) is 7.76. The van der Waals surface area contributed by atoms with E-state index in [4.69, 9.17) is 5.26 Å². The average molecular weight is 166 g/mol. The normalized spacial score (nSPS) is 8.73. The molecule has 0 bridgehead atoms. The van der Waals surface area contributed by atoms with Gasteiger partial charge in [0.1, 0.15) is 5.00 Å². The van der Waals surface area contributed by atoms with Gasteiger partial charge in [-0.05, 0) is 17.5 Å². The number of nitrogens with zero attached hydrogens (tertiary/aromatic N) is 2. The largest absolute Gasteiger partial charge is 0.274 e. The maximum absolute atomic E-state index is 10.8. The van der Waals surface area contributed by atoms with Crippen molar-refractivity contribution in [1.29, 1.82) is 5.26 Å². The molecule has 1 aromatic heterocycles. The van der Waals surface area contributed by atoms with E-state index in [9.17, 15) is 4.79 Å². The van der Waals surface area contributed by atoms with Crippen LogP contribution in [0.25, 0.3) is 0 Å². The third-order valence-corrected chi connectivity index (χ3v) is 1.99. The fraction of sp³-hybridized carbons (Fsp3) is 0.143. The van der Waals surface area contributed by atoms with Crippen LogP contribution in [-0.2, 0) is 4.79 Å². The number of carbonyl (C=O) groups is 1. The van der Waals surface area contributed by atoms with Gasteiger partial charge in [-0.25, -0.2) is 4.90 Å². The van der Waals surface area contributed by atoms with Crippen molar-refractivity contribution in [2.24, 2.45) is 0 Å². The van der Waals surface area contributed by atoms with Crippen LogP contribution in [0.1, 0.15) is 6.92 Å². The first-order chi connectivity index (χ1) is 5.25. The van der Waals surface area contributed by atoms with Crippen LogP contribution in [0.2, 0.25) is 0 Å². The van der Waals surface area contributed by atoms with Crippen LogP contribution in [0, 0.1) is 11.5 Å². The maximum Gasteiger partial charge on any atom is 0.237 e. The number of anilines is 1. The van der Waals surface area contributed by atoms with Crippen molar-refractivity contribution in [3.63, 3.8) is 0 Å². The lowest BCUT2D eigenvalue weighted by Crippen LogP contribution is -2.20. The van der Waals surface area contributed by atoms with Crippen LogP contribution < -0.4 is 4.90 Å². The molecule has 0 saturated carbocycles. The predicted octanol–water partition coefficient (Wildman–Crippen LogP) is 1.58. The molecule has 1 aromatic rings. The Hall–Kier alpha value is -1.34. The van der Waals surface area contributed by atoms with Gasteiger partial charge >= 0.3 is 0 Å². The molecule has 0 N–H and O–H groups in total. The highest BCUT2D eigenvalue weighted by molar-refractivity contribution is 7.14. The summed E-state index contributed by atoms with van der Waals surface area (Å²) in [5.41, 5.74) is 0. The van der Waals surface area contributed by atoms with Gasteiger partial charge < -0.3 is 0 Å². The van der Waals surface area contributed by atoms with E-state index >= 15 is 0 Å². The van der Waals surface area contributed by atoms with Crippen molar-refractivity contribution >= 4 is 22.2 Å². The molecule has 56 valence electrons. The van der Waals surface area contributed by atoms with Crippen molar-refractivity contribution in [1.82, 2.24) is 0 Å². The van der Waals surface area contributed by atoms with E-state index in [-0.39, 0.29) is 5.91 Å². The van der Waals surface area contributed by atoms with E-state index in [0.717, 1.165) is 4.90 Å². The SMILES string of the molecule is CC(=O)N(C#N)c1cccs1. The van der Waals surface area contributed by atoms with Crippen LogP contribution in [0.4, 0.5) is 5.00 Å². The zero-order chi connectivity index (χ0) is 8.27. The van der Waals surface area contributed by atoms with Crippen molar-refractivity contribution in [3.8, 4) is 6.19 Å². The quantitative estimate of drug-likeness (QED) is 0.469. The van der Waals surface area contributed by atoms with Crippen molar-refractivity contribution in [2.45, 2.75) is 6.92 Å². The van der Waals surface area contributed by atoms with Crippen molar-refractivity contribution in [3.05, 3.63) is 17.5 Å². The van der Waals surface area contributed by atoms with E-state index in [1.54, 1.807) is 18.3 Å². The summed E-state index contributed by atoms with van der Waals surface area (Å²) in [5.74, 6) is -0.255. The maximum atomic E-state index is 10.8. The van der Waals surface area contributed by atoms with Gasteiger partial charge in [0.05, 0.1) is 0 Å². The van der Waals surface area contributed by atoms with Crippen LogP contribution in [0.15, 0.2) is 17.5 Å². The highest BCUT2D eigenvalue weighted by Gasteiger charge is 2.09. The Morgan fingerprint density at radius 3 is 2.91 bits per heavy atom. The summed E-state index contributed by atoms with van der Waals surface area (Å²) >= 11 is 1.37. The molecular weight excluding hydrogens is 160 g/mol. The van der Waals surface area contributed by atoms with E-state index in [1.165, 1.54) is 18.3 Å². The molecule has 3 nitrogen and oxygen atoms in total. The van der Waals surface area contributed by atoms with Crippen LogP contribution in [0.5, 0.6) is 0 Å². The minimum Gasteiger partial charge on any atom is -0.274 e. The molecule has 1 rings (SSSR count). The number of carbonyl (C=O) groups excluding carboxylic acids is 1. The first-order valence-electron chi connectivity index (χ1n) is 2.99. The zero-order valence-electron chi connectivity index (χ0n) is 5.94. The van der Waals surface area contributed by atoms with E-state index < -0.39 is 0 Å². The fourth-order valence-corrected chi connectivity index (χ4v) is 1.40. The fourth-order valence-electron chi connectivity index (χ4n) is 0.672. The third kappa shape index (κ3) is 1.57.